The fourth-order valence-corrected chi connectivity index (χ4v) is 4.10. The molecule has 1 aromatic carbocycles. The number of nitrogens with zero attached hydrogens (tertiary/aromatic N) is 1. The molecule has 2 N–H and O–H groups in total. The summed E-state index contributed by atoms with van der Waals surface area (Å²) in [6.07, 6.45) is 8.06. The maximum Gasteiger partial charge on any atom is 0.240 e. The van der Waals surface area contributed by atoms with Gasteiger partial charge in [-0.1, -0.05) is 25.7 Å². The Bertz CT molecular complexity index is 685. The standard InChI is InChI=1S/C14H19N3O2S/c18-20(19,17-11-5-3-1-2-4-6-11)12-7-8-13-14(9-12)16-10-15-13/h7-11,17H,1-6H2,(H,15,16). The zero-order valence-corrected chi connectivity index (χ0v) is 12.1. The van der Waals surface area contributed by atoms with Crippen LogP contribution < -0.4 is 4.72 Å². The Morgan fingerprint density at radius 2 is 1.90 bits per heavy atom. The van der Waals surface area contributed by atoms with Gasteiger partial charge in [0.25, 0.3) is 0 Å². The van der Waals surface area contributed by atoms with Crippen LogP contribution in [0.5, 0.6) is 0 Å². The molecule has 1 aliphatic carbocycles. The Morgan fingerprint density at radius 3 is 2.65 bits per heavy atom. The minimum absolute atomic E-state index is 0.0694. The average molecular weight is 293 g/mol. The van der Waals surface area contributed by atoms with Gasteiger partial charge in [0.2, 0.25) is 10.0 Å². The van der Waals surface area contributed by atoms with Crippen LogP contribution in [0.4, 0.5) is 0 Å². The molecule has 0 amide bonds. The number of aromatic amines is 1. The summed E-state index contributed by atoms with van der Waals surface area (Å²) in [4.78, 5) is 7.35. The molecular weight excluding hydrogens is 274 g/mol. The molecule has 0 aliphatic heterocycles. The molecule has 6 heteroatoms. The number of H-pyrrole nitrogens is 1. The normalized spacial score (nSPS) is 18.2. The van der Waals surface area contributed by atoms with E-state index in [1.165, 1.54) is 12.8 Å². The highest BCUT2D eigenvalue weighted by Gasteiger charge is 2.21. The van der Waals surface area contributed by atoms with E-state index in [1.54, 1.807) is 24.5 Å². The third-order valence-electron chi connectivity index (χ3n) is 3.88. The van der Waals surface area contributed by atoms with Crippen molar-refractivity contribution in [3.8, 4) is 0 Å². The summed E-state index contributed by atoms with van der Waals surface area (Å²) >= 11 is 0. The van der Waals surface area contributed by atoms with Crippen LogP contribution in [0.3, 0.4) is 0 Å². The van der Waals surface area contributed by atoms with Crippen LogP contribution in [-0.2, 0) is 10.0 Å². The summed E-state index contributed by atoms with van der Waals surface area (Å²) in [5.74, 6) is 0. The van der Waals surface area contributed by atoms with E-state index in [0.29, 0.717) is 4.90 Å². The van der Waals surface area contributed by atoms with Crippen molar-refractivity contribution in [3.05, 3.63) is 24.5 Å². The van der Waals surface area contributed by atoms with Crippen LogP contribution in [0.15, 0.2) is 29.4 Å². The molecule has 0 bridgehead atoms. The highest BCUT2D eigenvalue weighted by Crippen LogP contribution is 2.21. The molecule has 1 fully saturated rings. The molecule has 1 heterocycles. The predicted octanol–water partition coefficient (Wildman–Crippen LogP) is 2.56. The molecule has 0 saturated heterocycles. The van der Waals surface area contributed by atoms with Crippen molar-refractivity contribution >= 4 is 21.1 Å². The van der Waals surface area contributed by atoms with Crippen molar-refractivity contribution in [2.45, 2.75) is 49.5 Å². The zero-order valence-electron chi connectivity index (χ0n) is 11.3. The Labute approximate surface area is 118 Å². The molecular formula is C14H19N3O2S. The van der Waals surface area contributed by atoms with Crippen molar-refractivity contribution in [1.29, 1.82) is 0 Å². The van der Waals surface area contributed by atoms with Gasteiger partial charge in [-0.25, -0.2) is 18.1 Å². The molecule has 1 saturated carbocycles. The molecule has 0 unspecified atom stereocenters. The van der Waals surface area contributed by atoms with Gasteiger partial charge < -0.3 is 4.98 Å². The number of hydrogen-bond acceptors (Lipinski definition) is 3. The van der Waals surface area contributed by atoms with Gasteiger partial charge in [0, 0.05) is 6.04 Å². The number of rotatable bonds is 3. The maximum absolute atomic E-state index is 12.4. The maximum atomic E-state index is 12.4. The van der Waals surface area contributed by atoms with Crippen molar-refractivity contribution < 1.29 is 8.42 Å². The summed E-state index contributed by atoms with van der Waals surface area (Å²) in [5.41, 5.74) is 1.52. The van der Waals surface area contributed by atoms with Crippen LogP contribution in [0, 0.1) is 0 Å². The molecule has 0 atom stereocenters. The number of nitrogens with one attached hydrogen (secondary N) is 2. The van der Waals surface area contributed by atoms with E-state index in [-0.39, 0.29) is 6.04 Å². The van der Waals surface area contributed by atoms with Crippen molar-refractivity contribution in [1.82, 2.24) is 14.7 Å². The number of fused-ring (bicyclic) bond motifs is 1. The van der Waals surface area contributed by atoms with Crippen LogP contribution in [0.25, 0.3) is 11.0 Å². The number of benzene rings is 1. The van der Waals surface area contributed by atoms with Gasteiger partial charge >= 0.3 is 0 Å². The lowest BCUT2D eigenvalue weighted by molar-refractivity contribution is 0.510. The van der Waals surface area contributed by atoms with E-state index < -0.39 is 10.0 Å². The lowest BCUT2D eigenvalue weighted by Crippen LogP contribution is -2.34. The van der Waals surface area contributed by atoms with E-state index in [9.17, 15) is 8.42 Å². The van der Waals surface area contributed by atoms with Gasteiger partial charge in [0.15, 0.2) is 0 Å². The molecule has 3 rings (SSSR count). The second-order valence-corrected chi connectivity index (χ2v) is 7.11. The lowest BCUT2D eigenvalue weighted by atomic mass is 10.1. The van der Waals surface area contributed by atoms with Gasteiger partial charge in [-0.15, -0.1) is 0 Å². The number of aromatic nitrogens is 2. The molecule has 5 nitrogen and oxygen atoms in total. The van der Waals surface area contributed by atoms with Crippen LogP contribution >= 0.6 is 0 Å². The second kappa shape index (κ2) is 5.54. The monoisotopic (exact) mass is 293 g/mol. The first kappa shape index (κ1) is 13.6. The average Bonchev–Trinajstić information content (AvgIpc) is 2.75. The van der Waals surface area contributed by atoms with Gasteiger partial charge in [-0.3, -0.25) is 0 Å². The smallest absolute Gasteiger partial charge is 0.240 e. The molecule has 1 aliphatic rings. The minimum Gasteiger partial charge on any atom is -0.345 e. The summed E-state index contributed by atoms with van der Waals surface area (Å²) < 4.78 is 27.7. The van der Waals surface area contributed by atoms with Crippen molar-refractivity contribution in [2.75, 3.05) is 0 Å². The first-order valence-electron chi connectivity index (χ1n) is 7.11. The predicted molar refractivity (Wildman–Crippen MR) is 77.9 cm³/mol. The fourth-order valence-electron chi connectivity index (χ4n) is 2.77. The van der Waals surface area contributed by atoms with Crippen LogP contribution in [0.2, 0.25) is 0 Å². The lowest BCUT2D eigenvalue weighted by Gasteiger charge is -2.16. The number of sulfonamides is 1. The third-order valence-corrected chi connectivity index (χ3v) is 5.40. The van der Waals surface area contributed by atoms with Gasteiger partial charge in [-0.05, 0) is 31.0 Å². The van der Waals surface area contributed by atoms with Crippen LogP contribution in [0.1, 0.15) is 38.5 Å². The van der Waals surface area contributed by atoms with E-state index in [2.05, 4.69) is 14.7 Å². The van der Waals surface area contributed by atoms with Crippen molar-refractivity contribution in [3.63, 3.8) is 0 Å². The summed E-state index contributed by atoms with van der Waals surface area (Å²) in [7, 11) is -3.44. The summed E-state index contributed by atoms with van der Waals surface area (Å²) in [5, 5.41) is 0. The van der Waals surface area contributed by atoms with Gasteiger partial charge in [0.1, 0.15) is 0 Å². The SMILES string of the molecule is O=S(=O)(NC1CCCCCC1)c1ccc2nc[nH]c2c1. The van der Waals surface area contributed by atoms with Crippen molar-refractivity contribution in [2.24, 2.45) is 0 Å². The van der Waals surface area contributed by atoms with E-state index in [4.69, 9.17) is 0 Å². The highest BCUT2D eigenvalue weighted by atomic mass is 32.2. The quantitative estimate of drug-likeness (QED) is 0.854. The van der Waals surface area contributed by atoms with Crippen LogP contribution in [-0.4, -0.2) is 24.4 Å². The topological polar surface area (TPSA) is 74.8 Å². The molecule has 0 spiro atoms. The molecule has 108 valence electrons. The first-order valence-corrected chi connectivity index (χ1v) is 8.59. The third kappa shape index (κ3) is 2.86. The molecule has 20 heavy (non-hydrogen) atoms. The first-order chi connectivity index (χ1) is 9.65. The van der Waals surface area contributed by atoms with E-state index in [0.717, 1.165) is 36.7 Å². The molecule has 0 radical (unpaired) electrons. The molecule has 1 aromatic heterocycles. The Hall–Kier alpha value is -1.40. The summed E-state index contributed by atoms with van der Waals surface area (Å²) in [6.45, 7) is 0. The summed E-state index contributed by atoms with van der Waals surface area (Å²) in [6, 6.07) is 5.05. The van der Waals surface area contributed by atoms with E-state index in [1.807, 2.05) is 0 Å². The Morgan fingerprint density at radius 1 is 1.15 bits per heavy atom. The van der Waals surface area contributed by atoms with E-state index >= 15 is 0 Å². The highest BCUT2D eigenvalue weighted by molar-refractivity contribution is 7.89. The second-order valence-electron chi connectivity index (χ2n) is 5.39. The number of imidazole rings is 1. The largest absolute Gasteiger partial charge is 0.345 e. The van der Waals surface area contributed by atoms with Gasteiger partial charge in [-0.2, -0.15) is 0 Å². The molecule has 2 aromatic rings. The Balaban J connectivity index is 1.82. The number of hydrogen-bond donors (Lipinski definition) is 2. The zero-order chi connectivity index (χ0) is 14.0. The Kier molecular flexibility index (Phi) is 3.76. The minimum atomic E-state index is -3.44. The van der Waals surface area contributed by atoms with Gasteiger partial charge in [0.05, 0.1) is 22.3 Å². The fraction of sp³-hybridized carbons (Fsp3) is 0.500.